The smallest absolute Gasteiger partial charge is 0.249 e. The van der Waals surface area contributed by atoms with Crippen LogP contribution in [-0.4, -0.2) is 34.0 Å². The summed E-state index contributed by atoms with van der Waals surface area (Å²) in [6.45, 7) is 2.94. The van der Waals surface area contributed by atoms with Crippen LogP contribution < -0.4 is 10.2 Å². The van der Waals surface area contributed by atoms with E-state index in [1.54, 1.807) is 10.9 Å². The highest BCUT2D eigenvalue weighted by Crippen LogP contribution is 2.31. The number of hydrogen-bond acceptors (Lipinski definition) is 4. The van der Waals surface area contributed by atoms with Crippen LogP contribution in [0.4, 0.5) is 5.69 Å². The monoisotopic (exact) mass is 285 g/mol. The summed E-state index contributed by atoms with van der Waals surface area (Å²) >= 11 is 0. The lowest BCUT2D eigenvalue weighted by Gasteiger charge is -2.22. The SMILES string of the molecule is CNCc1cn(CC(=O)N2c3ccccc3CC2C)nn1. The fourth-order valence-electron chi connectivity index (χ4n) is 2.84. The molecular weight excluding hydrogens is 266 g/mol. The van der Waals surface area contributed by atoms with Crippen molar-refractivity contribution in [1.29, 1.82) is 0 Å². The van der Waals surface area contributed by atoms with Gasteiger partial charge in [-0.05, 0) is 32.0 Å². The Morgan fingerprint density at radius 3 is 3.05 bits per heavy atom. The molecule has 0 spiro atoms. The van der Waals surface area contributed by atoms with E-state index in [-0.39, 0.29) is 18.5 Å². The number of carbonyl (C=O) groups is 1. The first-order valence-corrected chi connectivity index (χ1v) is 7.12. The minimum Gasteiger partial charge on any atom is -0.314 e. The van der Waals surface area contributed by atoms with E-state index in [1.165, 1.54) is 5.56 Å². The van der Waals surface area contributed by atoms with Gasteiger partial charge >= 0.3 is 0 Å². The van der Waals surface area contributed by atoms with Crippen LogP contribution in [0.15, 0.2) is 30.5 Å². The molecule has 1 aromatic carbocycles. The van der Waals surface area contributed by atoms with Crippen LogP contribution in [0.1, 0.15) is 18.2 Å². The highest BCUT2D eigenvalue weighted by molar-refractivity contribution is 5.95. The van der Waals surface area contributed by atoms with E-state index in [1.807, 2.05) is 30.1 Å². The number of nitrogens with zero attached hydrogens (tertiary/aromatic N) is 4. The van der Waals surface area contributed by atoms with Gasteiger partial charge in [0, 0.05) is 18.3 Å². The quantitative estimate of drug-likeness (QED) is 0.909. The molecule has 3 rings (SSSR count). The summed E-state index contributed by atoms with van der Waals surface area (Å²) in [5, 5.41) is 11.0. The summed E-state index contributed by atoms with van der Waals surface area (Å²) in [4.78, 5) is 14.4. The first-order valence-electron chi connectivity index (χ1n) is 7.12. The van der Waals surface area contributed by atoms with Crippen molar-refractivity contribution in [3.8, 4) is 0 Å². The highest BCUT2D eigenvalue weighted by Gasteiger charge is 2.30. The minimum absolute atomic E-state index is 0.0494. The molecule has 1 aromatic heterocycles. The predicted molar refractivity (Wildman–Crippen MR) is 79.9 cm³/mol. The number of fused-ring (bicyclic) bond motifs is 1. The van der Waals surface area contributed by atoms with Gasteiger partial charge in [0.2, 0.25) is 5.91 Å². The van der Waals surface area contributed by atoms with Crippen LogP contribution in [0, 0.1) is 0 Å². The number of para-hydroxylation sites is 1. The molecule has 1 aliphatic rings. The van der Waals surface area contributed by atoms with Crippen molar-refractivity contribution in [1.82, 2.24) is 20.3 Å². The second-order valence-corrected chi connectivity index (χ2v) is 5.38. The molecule has 21 heavy (non-hydrogen) atoms. The zero-order valence-electron chi connectivity index (χ0n) is 12.3. The number of aromatic nitrogens is 3. The van der Waals surface area contributed by atoms with Crippen molar-refractivity contribution in [2.45, 2.75) is 32.5 Å². The molecule has 2 heterocycles. The van der Waals surface area contributed by atoms with Crippen LogP contribution in [-0.2, 0) is 24.3 Å². The van der Waals surface area contributed by atoms with E-state index < -0.39 is 0 Å². The summed E-state index contributed by atoms with van der Waals surface area (Å²) < 4.78 is 1.60. The molecule has 6 heteroatoms. The molecule has 1 unspecified atom stereocenters. The second-order valence-electron chi connectivity index (χ2n) is 5.38. The van der Waals surface area contributed by atoms with Crippen LogP contribution in [0.5, 0.6) is 0 Å². The molecule has 0 saturated carbocycles. The molecule has 1 aliphatic heterocycles. The van der Waals surface area contributed by atoms with Crippen molar-refractivity contribution < 1.29 is 4.79 Å². The molecule has 2 aromatic rings. The van der Waals surface area contributed by atoms with Crippen LogP contribution >= 0.6 is 0 Å². The Hall–Kier alpha value is -2.21. The number of hydrogen-bond donors (Lipinski definition) is 1. The molecule has 0 radical (unpaired) electrons. The van der Waals surface area contributed by atoms with Gasteiger partial charge in [0.05, 0.1) is 11.9 Å². The van der Waals surface area contributed by atoms with Crippen molar-refractivity contribution in [2.24, 2.45) is 0 Å². The summed E-state index contributed by atoms with van der Waals surface area (Å²) in [6, 6.07) is 8.26. The molecule has 0 saturated heterocycles. The van der Waals surface area contributed by atoms with E-state index in [4.69, 9.17) is 0 Å². The number of benzene rings is 1. The number of anilines is 1. The Morgan fingerprint density at radius 1 is 1.43 bits per heavy atom. The topological polar surface area (TPSA) is 63.1 Å². The fraction of sp³-hybridized carbons (Fsp3) is 0.400. The summed E-state index contributed by atoms with van der Waals surface area (Å²) in [6.07, 6.45) is 2.71. The maximum Gasteiger partial charge on any atom is 0.249 e. The van der Waals surface area contributed by atoms with Crippen molar-refractivity contribution in [3.05, 3.63) is 41.7 Å². The molecular formula is C15H19N5O. The maximum absolute atomic E-state index is 12.6. The third-order valence-corrected chi connectivity index (χ3v) is 3.72. The summed E-state index contributed by atoms with van der Waals surface area (Å²) in [5.41, 5.74) is 3.08. The average Bonchev–Trinajstić information content (AvgIpc) is 3.02. The standard InChI is InChI=1S/C15H19N5O/c1-11-7-12-5-3-4-6-14(12)20(11)15(21)10-19-9-13(8-16-2)17-18-19/h3-6,9,11,16H,7-8,10H2,1-2H3. The third kappa shape index (κ3) is 2.67. The van der Waals surface area contributed by atoms with E-state index >= 15 is 0 Å². The first kappa shape index (κ1) is 13.8. The Labute approximate surface area is 123 Å². The molecule has 0 fully saturated rings. The van der Waals surface area contributed by atoms with Gasteiger partial charge in [-0.25, -0.2) is 4.68 Å². The molecule has 0 aliphatic carbocycles. The van der Waals surface area contributed by atoms with Gasteiger partial charge < -0.3 is 10.2 Å². The van der Waals surface area contributed by atoms with Gasteiger partial charge in [-0.15, -0.1) is 5.10 Å². The number of carbonyl (C=O) groups excluding carboxylic acids is 1. The van der Waals surface area contributed by atoms with E-state index in [2.05, 4.69) is 28.6 Å². The van der Waals surface area contributed by atoms with Gasteiger partial charge in [-0.2, -0.15) is 0 Å². The number of rotatable bonds is 4. The zero-order valence-corrected chi connectivity index (χ0v) is 12.3. The molecule has 110 valence electrons. The van der Waals surface area contributed by atoms with E-state index in [0.717, 1.165) is 17.8 Å². The average molecular weight is 285 g/mol. The van der Waals surface area contributed by atoms with Crippen molar-refractivity contribution >= 4 is 11.6 Å². The van der Waals surface area contributed by atoms with Crippen molar-refractivity contribution in [3.63, 3.8) is 0 Å². The lowest BCUT2D eigenvalue weighted by atomic mass is 10.1. The zero-order chi connectivity index (χ0) is 14.8. The fourth-order valence-corrected chi connectivity index (χ4v) is 2.84. The Morgan fingerprint density at radius 2 is 2.24 bits per heavy atom. The molecule has 1 atom stereocenters. The lowest BCUT2D eigenvalue weighted by molar-refractivity contribution is -0.119. The van der Waals surface area contributed by atoms with Gasteiger partial charge in [0.15, 0.2) is 0 Å². The van der Waals surface area contributed by atoms with Gasteiger partial charge in [0.25, 0.3) is 0 Å². The third-order valence-electron chi connectivity index (χ3n) is 3.72. The maximum atomic E-state index is 12.6. The number of nitrogens with one attached hydrogen (secondary N) is 1. The predicted octanol–water partition coefficient (Wildman–Crippen LogP) is 0.975. The largest absolute Gasteiger partial charge is 0.314 e. The van der Waals surface area contributed by atoms with Crippen LogP contribution in [0.25, 0.3) is 0 Å². The Kier molecular flexibility index (Phi) is 3.70. The Balaban J connectivity index is 1.76. The summed E-state index contributed by atoms with van der Waals surface area (Å²) in [7, 11) is 1.85. The van der Waals surface area contributed by atoms with Crippen LogP contribution in [0.2, 0.25) is 0 Å². The highest BCUT2D eigenvalue weighted by atomic mass is 16.2. The second kappa shape index (κ2) is 5.65. The molecule has 1 N–H and O–H groups in total. The molecule has 0 bridgehead atoms. The lowest BCUT2D eigenvalue weighted by Crippen LogP contribution is -2.38. The van der Waals surface area contributed by atoms with E-state index in [0.29, 0.717) is 6.54 Å². The van der Waals surface area contributed by atoms with Gasteiger partial charge in [-0.3, -0.25) is 4.79 Å². The first-order chi connectivity index (χ1) is 10.2. The summed E-state index contributed by atoms with van der Waals surface area (Å²) in [5.74, 6) is 0.0494. The minimum atomic E-state index is 0.0494. The van der Waals surface area contributed by atoms with Gasteiger partial charge in [0.1, 0.15) is 6.54 Å². The number of amides is 1. The molecule has 6 nitrogen and oxygen atoms in total. The Bertz CT molecular complexity index is 651. The van der Waals surface area contributed by atoms with Gasteiger partial charge in [-0.1, -0.05) is 23.4 Å². The normalized spacial score (nSPS) is 17.0. The van der Waals surface area contributed by atoms with Crippen molar-refractivity contribution in [2.75, 3.05) is 11.9 Å². The molecule has 1 amide bonds. The van der Waals surface area contributed by atoms with Crippen LogP contribution in [0.3, 0.4) is 0 Å². The van der Waals surface area contributed by atoms with E-state index in [9.17, 15) is 4.79 Å².